The van der Waals surface area contributed by atoms with Gasteiger partial charge in [0.15, 0.2) is 0 Å². The highest BCUT2D eigenvalue weighted by Crippen LogP contribution is 2.20. The van der Waals surface area contributed by atoms with Crippen molar-refractivity contribution in [2.24, 2.45) is 5.92 Å². The first kappa shape index (κ1) is 15.5. The van der Waals surface area contributed by atoms with Crippen molar-refractivity contribution in [2.45, 2.75) is 45.6 Å². The van der Waals surface area contributed by atoms with E-state index in [1.165, 1.54) is 50.9 Å². The average molecular weight is 274 g/mol. The van der Waals surface area contributed by atoms with E-state index in [2.05, 4.69) is 54.4 Å². The number of piperidine rings is 1. The number of hydrogen-bond acceptors (Lipinski definition) is 2. The summed E-state index contributed by atoms with van der Waals surface area (Å²) in [4.78, 5) is 2.61. The van der Waals surface area contributed by atoms with Crippen LogP contribution in [0.25, 0.3) is 0 Å². The highest BCUT2D eigenvalue weighted by molar-refractivity contribution is 5.18. The lowest BCUT2D eigenvalue weighted by Crippen LogP contribution is -2.37. The topological polar surface area (TPSA) is 15.3 Å². The molecule has 1 aromatic carbocycles. The Labute approximate surface area is 124 Å². The van der Waals surface area contributed by atoms with Crippen molar-refractivity contribution in [1.82, 2.24) is 10.2 Å². The molecule has 0 aliphatic carbocycles. The fourth-order valence-corrected chi connectivity index (χ4v) is 3.07. The average Bonchev–Trinajstić information content (AvgIpc) is 2.48. The molecule has 2 rings (SSSR count). The van der Waals surface area contributed by atoms with Gasteiger partial charge < -0.3 is 10.2 Å². The summed E-state index contributed by atoms with van der Waals surface area (Å²) < 4.78 is 0. The summed E-state index contributed by atoms with van der Waals surface area (Å²) in [6.45, 7) is 9.50. The van der Waals surface area contributed by atoms with Crippen LogP contribution in [-0.4, -0.2) is 31.1 Å². The summed E-state index contributed by atoms with van der Waals surface area (Å²) in [5.74, 6) is 0.725. The van der Waals surface area contributed by atoms with Gasteiger partial charge in [-0.3, -0.25) is 0 Å². The van der Waals surface area contributed by atoms with Gasteiger partial charge in [-0.25, -0.2) is 0 Å². The molecule has 2 nitrogen and oxygen atoms in total. The summed E-state index contributed by atoms with van der Waals surface area (Å²) >= 11 is 0. The molecule has 2 heteroatoms. The number of nitrogens with zero attached hydrogens (tertiary/aromatic N) is 1. The fourth-order valence-electron chi connectivity index (χ4n) is 3.07. The van der Waals surface area contributed by atoms with E-state index < -0.39 is 0 Å². The predicted molar refractivity (Wildman–Crippen MR) is 86.9 cm³/mol. The summed E-state index contributed by atoms with van der Waals surface area (Å²) in [6.07, 6.45) is 5.40. The number of rotatable bonds is 7. The Balaban J connectivity index is 1.81. The summed E-state index contributed by atoms with van der Waals surface area (Å²) in [6, 6.07) is 11.4. The van der Waals surface area contributed by atoms with Crippen LogP contribution in [0.15, 0.2) is 30.3 Å². The van der Waals surface area contributed by atoms with Crippen LogP contribution in [0.1, 0.15) is 51.1 Å². The SMILES string of the molecule is CC(C)CC(NCCN1CCCCC1)c1ccccc1. The third-order valence-corrected chi connectivity index (χ3v) is 4.18. The Bertz CT molecular complexity index is 355. The standard InChI is InChI=1S/C18H30N2/c1-16(2)15-18(17-9-5-3-6-10-17)19-11-14-20-12-7-4-8-13-20/h3,5-6,9-10,16,18-19H,4,7-8,11-15H2,1-2H3. The molecule has 1 aliphatic rings. The van der Waals surface area contributed by atoms with Gasteiger partial charge in [-0.2, -0.15) is 0 Å². The molecule has 1 heterocycles. The zero-order valence-electron chi connectivity index (χ0n) is 13.1. The van der Waals surface area contributed by atoms with Gasteiger partial charge >= 0.3 is 0 Å². The smallest absolute Gasteiger partial charge is 0.0323 e. The molecule has 1 N–H and O–H groups in total. The van der Waals surface area contributed by atoms with E-state index in [0.29, 0.717) is 6.04 Å². The normalized spacial score (nSPS) is 18.4. The third-order valence-electron chi connectivity index (χ3n) is 4.18. The monoisotopic (exact) mass is 274 g/mol. The maximum absolute atomic E-state index is 3.77. The lowest BCUT2D eigenvalue weighted by molar-refractivity contribution is 0.224. The van der Waals surface area contributed by atoms with E-state index in [-0.39, 0.29) is 0 Å². The number of likely N-dealkylation sites (tertiary alicyclic amines) is 1. The molecule has 1 fully saturated rings. The van der Waals surface area contributed by atoms with Crippen LogP contribution in [-0.2, 0) is 0 Å². The van der Waals surface area contributed by atoms with Crippen molar-refractivity contribution < 1.29 is 0 Å². The highest BCUT2D eigenvalue weighted by atomic mass is 15.1. The van der Waals surface area contributed by atoms with Crippen LogP contribution in [0.3, 0.4) is 0 Å². The van der Waals surface area contributed by atoms with E-state index >= 15 is 0 Å². The van der Waals surface area contributed by atoms with Crippen LogP contribution in [0, 0.1) is 5.92 Å². The number of benzene rings is 1. The van der Waals surface area contributed by atoms with Crippen LogP contribution < -0.4 is 5.32 Å². The predicted octanol–water partition coefficient (Wildman–Crippen LogP) is 3.85. The lowest BCUT2D eigenvalue weighted by Gasteiger charge is -2.28. The molecule has 1 aliphatic heterocycles. The minimum absolute atomic E-state index is 0.501. The fraction of sp³-hybridized carbons (Fsp3) is 0.667. The van der Waals surface area contributed by atoms with E-state index in [1.807, 2.05) is 0 Å². The van der Waals surface area contributed by atoms with Gasteiger partial charge in [-0.1, -0.05) is 50.6 Å². The van der Waals surface area contributed by atoms with Crippen LogP contribution >= 0.6 is 0 Å². The van der Waals surface area contributed by atoms with E-state index in [1.54, 1.807) is 0 Å². The van der Waals surface area contributed by atoms with Crippen LogP contribution in [0.5, 0.6) is 0 Å². The van der Waals surface area contributed by atoms with Crippen molar-refractivity contribution in [1.29, 1.82) is 0 Å². The molecule has 112 valence electrons. The molecule has 1 saturated heterocycles. The zero-order chi connectivity index (χ0) is 14.2. The quantitative estimate of drug-likeness (QED) is 0.812. The number of nitrogens with one attached hydrogen (secondary N) is 1. The molecule has 0 aromatic heterocycles. The minimum Gasteiger partial charge on any atom is -0.309 e. The Hall–Kier alpha value is -0.860. The van der Waals surface area contributed by atoms with E-state index in [0.717, 1.165) is 12.5 Å². The van der Waals surface area contributed by atoms with Gasteiger partial charge in [0.1, 0.15) is 0 Å². The summed E-state index contributed by atoms with van der Waals surface area (Å²) in [5.41, 5.74) is 1.43. The van der Waals surface area contributed by atoms with Crippen LogP contribution in [0.4, 0.5) is 0 Å². The largest absolute Gasteiger partial charge is 0.309 e. The Morgan fingerprint density at radius 1 is 1.05 bits per heavy atom. The lowest BCUT2D eigenvalue weighted by atomic mass is 9.97. The van der Waals surface area contributed by atoms with Crippen molar-refractivity contribution in [2.75, 3.05) is 26.2 Å². The second kappa shape index (κ2) is 8.43. The molecule has 0 radical (unpaired) electrons. The molecule has 0 bridgehead atoms. The van der Waals surface area contributed by atoms with Gasteiger partial charge in [0.25, 0.3) is 0 Å². The second-order valence-electron chi connectivity index (χ2n) is 6.45. The van der Waals surface area contributed by atoms with Gasteiger partial charge in [-0.15, -0.1) is 0 Å². The Kier molecular flexibility index (Phi) is 6.55. The van der Waals surface area contributed by atoms with Crippen molar-refractivity contribution in [3.63, 3.8) is 0 Å². The van der Waals surface area contributed by atoms with Gasteiger partial charge in [0.05, 0.1) is 0 Å². The maximum Gasteiger partial charge on any atom is 0.0323 e. The first-order valence-electron chi connectivity index (χ1n) is 8.26. The number of hydrogen-bond donors (Lipinski definition) is 1. The summed E-state index contributed by atoms with van der Waals surface area (Å²) in [5, 5.41) is 3.77. The van der Waals surface area contributed by atoms with E-state index in [4.69, 9.17) is 0 Å². The molecule has 1 aromatic rings. The second-order valence-corrected chi connectivity index (χ2v) is 6.45. The molecule has 1 unspecified atom stereocenters. The van der Waals surface area contributed by atoms with Crippen molar-refractivity contribution in [3.8, 4) is 0 Å². The van der Waals surface area contributed by atoms with Crippen molar-refractivity contribution >= 4 is 0 Å². The zero-order valence-corrected chi connectivity index (χ0v) is 13.1. The minimum atomic E-state index is 0.501. The molecular formula is C18H30N2. The summed E-state index contributed by atoms with van der Waals surface area (Å²) in [7, 11) is 0. The molecule has 1 atom stereocenters. The first-order valence-corrected chi connectivity index (χ1v) is 8.26. The molecule has 0 saturated carbocycles. The van der Waals surface area contributed by atoms with Crippen molar-refractivity contribution in [3.05, 3.63) is 35.9 Å². The molecule has 0 spiro atoms. The van der Waals surface area contributed by atoms with Gasteiger partial charge in [0.2, 0.25) is 0 Å². The Morgan fingerprint density at radius 3 is 2.40 bits per heavy atom. The first-order chi connectivity index (χ1) is 9.75. The Morgan fingerprint density at radius 2 is 1.75 bits per heavy atom. The van der Waals surface area contributed by atoms with Crippen LogP contribution in [0.2, 0.25) is 0 Å². The van der Waals surface area contributed by atoms with Gasteiger partial charge in [0, 0.05) is 19.1 Å². The highest BCUT2D eigenvalue weighted by Gasteiger charge is 2.14. The third kappa shape index (κ3) is 5.26. The molecule has 20 heavy (non-hydrogen) atoms. The molecular weight excluding hydrogens is 244 g/mol. The molecule has 0 amide bonds. The van der Waals surface area contributed by atoms with Gasteiger partial charge in [-0.05, 0) is 43.8 Å². The van der Waals surface area contributed by atoms with E-state index in [9.17, 15) is 0 Å². The maximum atomic E-state index is 3.77.